The minimum atomic E-state index is -0.253. The lowest BCUT2D eigenvalue weighted by molar-refractivity contribution is -0.120. The number of nitrogens with one attached hydrogen (secondary N) is 2. The van der Waals surface area contributed by atoms with Crippen LogP contribution in [0.15, 0.2) is 42.5 Å². The first-order valence-corrected chi connectivity index (χ1v) is 15.1. The van der Waals surface area contributed by atoms with E-state index >= 15 is 0 Å². The number of anilines is 2. The smallest absolute Gasteiger partial charge is 0.293 e. The Morgan fingerprint density at radius 1 is 0.976 bits per heavy atom. The van der Waals surface area contributed by atoms with Gasteiger partial charge in [0.15, 0.2) is 5.82 Å². The average Bonchev–Trinajstić information content (AvgIpc) is 3.36. The fourth-order valence-electron chi connectivity index (χ4n) is 7.39. The van der Waals surface area contributed by atoms with Gasteiger partial charge in [0.05, 0.1) is 17.1 Å². The first kappa shape index (κ1) is 27.1. The standard InChI is InChI=1S/C32H40N8O2/c1-19-6-9-24(10-7-19)40-29(35-28(36-40)31(42)38-15-20(2)34-21(3)16-38)23-8-11-26-27(12-23)39(22(4)30(41)37(26)5)25-13-32(14-25)17-33-18-32/h6-12,20-22,25,33-34H,13-18H2,1-5H3/t20-,21+,22-/m1/s1. The first-order valence-electron chi connectivity index (χ1n) is 15.1. The number of aromatic nitrogens is 3. The van der Waals surface area contributed by atoms with Crippen LogP contribution in [0.5, 0.6) is 0 Å². The van der Waals surface area contributed by atoms with E-state index in [-0.39, 0.29) is 35.8 Å². The molecule has 0 unspecified atom stereocenters. The summed E-state index contributed by atoms with van der Waals surface area (Å²) in [6.45, 7) is 11.6. The summed E-state index contributed by atoms with van der Waals surface area (Å²) in [6, 6.07) is 14.7. The molecule has 1 aliphatic carbocycles. The maximum absolute atomic E-state index is 13.7. The molecule has 3 fully saturated rings. The Morgan fingerprint density at radius 3 is 2.31 bits per heavy atom. The molecule has 2 N–H and O–H groups in total. The van der Waals surface area contributed by atoms with Crippen molar-refractivity contribution < 1.29 is 9.59 Å². The fraction of sp³-hybridized carbons (Fsp3) is 0.500. The number of piperazine rings is 1. The van der Waals surface area contributed by atoms with Gasteiger partial charge < -0.3 is 25.3 Å². The van der Waals surface area contributed by atoms with Crippen molar-refractivity contribution in [1.29, 1.82) is 0 Å². The predicted octanol–water partition coefficient (Wildman–Crippen LogP) is 2.99. The number of likely N-dealkylation sites (N-methyl/N-ethyl adjacent to an activating group) is 1. The van der Waals surface area contributed by atoms with Gasteiger partial charge in [0.1, 0.15) is 6.04 Å². The zero-order valence-electron chi connectivity index (χ0n) is 25.1. The highest BCUT2D eigenvalue weighted by Gasteiger charge is 2.53. The number of hydrogen-bond donors (Lipinski definition) is 2. The van der Waals surface area contributed by atoms with E-state index in [9.17, 15) is 9.59 Å². The van der Waals surface area contributed by atoms with E-state index in [0.29, 0.717) is 30.4 Å². The number of benzene rings is 2. The minimum absolute atomic E-state index is 0.109. The van der Waals surface area contributed by atoms with Crippen LogP contribution in [0.1, 0.15) is 49.8 Å². The second-order valence-corrected chi connectivity index (χ2v) is 13.0. The van der Waals surface area contributed by atoms with E-state index in [0.717, 1.165) is 54.1 Å². The summed E-state index contributed by atoms with van der Waals surface area (Å²) < 4.78 is 1.79. The SMILES string of the molecule is Cc1ccc(-n2nc(C(=O)N3C[C@@H](C)N[C@@H](C)C3)nc2-c2ccc3c(c2)N(C2CC4(CNC4)C2)[C@H](C)C(=O)N3C)cc1. The Bertz CT molecular complexity index is 1530. The molecule has 7 rings (SSSR count). The van der Waals surface area contributed by atoms with Crippen LogP contribution < -0.4 is 20.4 Å². The lowest BCUT2D eigenvalue weighted by Crippen LogP contribution is -2.68. The lowest BCUT2D eigenvalue weighted by atomic mass is 9.61. The molecular formula is C32H40N8O2. The van der Waals surface area contributed by atoms with E-state index in [4.69, 9.17) is 10.1 Å². The van der Waals surface area contributed by atoms with Crippen LogP contribution in [0.3, 0.4) is 0 Å². The lowest BCUT2D eigenvalue weighted by Gasteiger charge is -2.59. The number of fused-ring (bicyclic) bond motifs is 1. The molecule has 3 aliphatic heterocycles. The summed E-state index contributed by atoms with van der Waals surface area (Å²) in [4.78, 5) is 37.8. The molecule has 42 heavy (non-hydrogen) atoms. The maximum atomic E-state index is 13.7. The predicted molar refractivity (Wildman–Crippen MR) is 163 cm³/mol. The van der Waals surface area contributed by atoms with Gasteiger partial charge in [-0.3, -0.25) is 9.59 Å². The molecule has 4 heterocycles. The number of rotatable bonds is 4. The van der Waals surface area contributed by atoms with E-state index in [1.165, 1.54) is 0 Å². The van der Waals surface area contributed by atoms with Crippen molar-refractivity contribution in [3.8, 4) is 17.1 Å². The number of hydrogen-bond acceptors (Lipinski definition) is 7. The van der Waals surface area contributed by atoms with Crippen LogP contribution in [-0.2, 0) is 4.79 Å². The zero-order valence-corrected chi connectivity index (χ0v) is 25.1. The molecule has 0 radical (unpaired) electrons. The summed E-state index contributed by atoms with van der Waals surface area (Å²) in [6.07, 6.45) is 2.18. The van der Waals surface area contributed by atoms with Gasteiger partial charge in [0, 0.05) is 56.9 Å². The molecule has 10 heteroatoms. The van der Waals surface area contributed by atoms with Crippen LogP contribution in [0.4, 0.5) is 11.4 Å². The van der Waals surface area contributed by atoms with Crippen LogP contribution >= 0.6 is 0 Å². The third-order valence-electron chi connectivity index (χ3n) is 9.63. The number of amides is 2. The third-order valence-corrected chi connectivity index (χ3v) is 9.63. The molecule has 3 aromatic rings. The van der Waals surface area contributed by atoms with Crippen molar-refractivity contribution in [1.82, 2.24) is 30.3 Å². The molecule has 2 aromatic carbocycles. The molecule has 3 atom stereocenters. The first-order chi connectivity index (χ1) is 20.1. The van der Waals surface area contributed by atoms with Crippen molar-refractivity contribution in [2.75, 3.05) is 43.0 Å². The van der Waals surface area contributed by atoms with Gasteiger partial charge >= 0.3 is 0 Å². The van der Waals surface area contributed by atoms with Gasteiger partial charge in [-0.15, -0.1) is 5.10 Å². The third kappa shape index (κ3) is 4.39. The van der Waals surface area contributed by atoms with Gasteiger partial charge in [-0.25, -0.2) is 9.67 Å². The topological polar surface area (TPSA) is 98.6 Å². The molecule has 4 aliphatic rings. The molecule has 1 saturated carbocycles. The molecule has 0 bridgehead atoms. The zero-order chi connectivity index (χ0) is 29.3. The van der Waals surface area contributed by atoms with Crippen LogP contribution in [0, 0.1) is 12.3 Å². The molecule has 10 nitrogen and oxygen atoms in total. The molecule has 1 aromatic heterocycles. The van der Waals surface area contributed by atoms with E-state index < -0.39 is 0 Å². The monoisotopic (exact) mass is 568 g/mol. The fourth-order valence-corrected chi connectivity index (χ4v) is 7.39. The quantitative estimate of drug-likeness (QED) is 0.499. The number of carbonyl (C=O) groups excluding carboxylic acids is 2. The number of nitrogens with zero attached hydrogens (tertiary/aromatic N) is 6. The van der Waals surface area contributed by atoms with Gasteiger partial charge in [0.2, 0.25) is 11.7 Å². The number of aryl methyl sites for hydroxylation is 1. The van der Waals surface area contributed by atoms with Gasteiger partial charge in [-0.05, 0) is 76.3 Å². The molecule has 2 amide bonds. The Morgan fingerprint density at radius 2 is 1.67 bits per heavy atom. The Balaban J connectivity index is 1.30. The second kappa shape index (κ2) is 9.91. The van der Waals surface area contributed by atoms with Crippen molar-refractivity contribution in [2.24, 2.45) is 5.41 Å². The van der Waals surface area contributed by atoms with Crippen molar-refractivity contribution in [3.63, 3.8) is 0 Å². The summed E-state index contributed by atoms with van der Waals surface area (Å²) in [5.41, 5.74) is 5.17. The molecule has 2 saturated heterocycles. The van der Waals surface area contributed by atoms with Gasteiger partial charge in [0.25, 0.3) is 5.91 Å². The van der Waals surface area contributed by atoms with Crippen molar-refractivity contribution in [2.45, 2.75) is 64.7 Å². The Labute approximate surface area is 247 Å². The van der Waals surface area contributed by atoms with Crippen molar-refractivity contribution >= 4 is 23.2 Å². The van der Waals surface area contributed by atoms with E-state index in [2.05, 4.69) is 42.4 Å². The summed E-state index contributed by atoms with van der Waals surface area (Å²) in [7, 11) is 1.85. The van der Waals surface area contributed by atoms with Gasteiger partial charge in [-0.2, -0.15) is 0 Å². The second-order valence-electron chi connectivity index (χ2n) is 13.0. The maximum Gasteiger partial charge on any atom is 0.293 e. The average molecular weight is 569 g/mol. The highest BCUT2D eigenvalue weighted by Crippen LogP contribution is 2.51. The Kier molecular flexibility index (Phi) is 6.40. The number of carbonyl (C=O) groups is 2. The summed E-state index contributed by atoms with van der Waals surface area (Å²) in [5.74, 6) is 0.759. The van der Waals surface area contributed by atoms with Crippen LogP contribution in [0.2, 0.25) is 0 Å². The largest absolute Gasteiger partial charge is 0.355 e. The molecule has 1 spiro atoms. The Hall–Kier alpha value is -3.76. The van der Waals surface area contributed by atoms with Crippen molar-refractivity contribution in [3.05, 3.63) is 53.9 Å². The minimum Gasteiger partial charge on any atom is -0.355 e. The van der Waals surface area contributed by atoms with Crippen LogP contribution in [-0.4, -0.2) is 88.9 Å². The highest BCUT2D eigenvalue weighted by atomic mass is 16.2. The summed E-state index contributed by atoms with van der Waals surface area (Å²) >= 11 is 0. The van der Waals surface area contributed by atoms with E-state index in [1.54, 1.807) is 9.58 Å². The van der Waals surface area contributed by atoms with E-state index in [1.807, 2.05) is 55.3 Å². The molecule has 220 valence electrons. The van der Waals surface area contributed by atoms with Crippen LogP contribution in [0.25, 0.3) is 17.1 Å². The summed E-state index contributed by atoms with van der Waals surface area (Å²) in [5, 5.41) is 11.7. The highest BCUT2D eigenvalue weighted by molar-refractivity contribution is 6.05. The van der Waals surface area contributed by atoms with Gasteiger partial charge in [-0.1, -0.05) is 17.7 Å². The normalized spacial score (nSPS) is 25.3. The molecular weight excluding hydrogens is 528 g/mol.